The van der Waals surface area contributed by atoms with E-state index in [2.05, 4.69) is 10.1 Å². The summed E-state index contributed by atoms with van der Waals surface area (Å²) in [7, 11) is 2.86. The summed E-state index contributed by atoms with van der Waals surface area (Å²) in [6.07, 6.45) is 0. The first-order valence-electron chi connectivity index (χ1n) is 4.80. The first-order chi connectivity index (χ1) is 7.67. The molecule has 1 aromatic rings. The van der Waals surface area contributed by atoms with Crippen LogP contribution in [0.15, 0.2) is 18.2 Å². The van der Waals surface area contributed by atoms with E-state index in [-0.39, 0.29) is 18.3 Å². The van der Waals surface area contributed by atoms with Crippen LogP contribution in [0.5, 0.6) is 11.5 Å². The Morgan fingerprint density at radius 3 is 2.75 bits per heavy atom. The van der Waals surface area contributed by atoms with Gasteiger partial charge in [-0.1, -0.05) is 6.07 Å². The summed E-state index contributed by atoms with van der Waals surface area (Å²) >= 11 is 0. The van der Waals surface area contributed by atoms with Gasteiger partial charge in [-0.15, -0.1) is 0 Å². The third-order valence-electron chi connectivity index (χ3n) is 2.10. The van der Waals surface area contributed by atoms with E-state index >= 15 is 0 Å². The van der Waals surface area contributed by atoms with Crippen molar-refractivity contribution in [2.45, 2.75) is 6.54 Å². The molecule has 1 aromatic carbocycles. The van der Waals surface area contributed by atoms with Crippen LogP contribution in [-0.2, 0) is 16.1 Å². The minimum atomic E-state index is -0.340. The Hall–Kier alpha value is -1.75. The standard InChI is InChI=1S/C11H15NO4/c1-15-9-4-3-8(10(13)5-9)6-12-7-11(14)16-2/h3-5,12-13H,6-7H2,1-2H3. The number of phenolic OH excluding ortho intramolecular Hbond substituents is 1. The third kappa shape index (κ3) is 3.43. The molecule has 0 aliphatic carbocycles. The maximum atomic E-state index is 10.8. The number of benzene rings is 1. The minimum Gasteiger partial charge on any atom is -0.507 e. The summed E-state index contributed by atoms with van der Waals surface area (Å²) in [5.41, 5.74) is 0.699. The highest BCUT2D eigenvalue weighted by atomic mass is 16.5. The van der Waals surface area contributed by atoms with E-state index in [4.69, 9.17) is 4.74 Å². The van der Waals surface area contributed by atoms with Crippen molar-refractivity contribution in [2.75, 3.05) is 20.8 Å². The number of ether oxygens (including phenoxy) is 2. The second kappa shape index (κ2) is 5.97. The molecule has 0 atom stereocenters. The molecular formula is C11H15NO4. The van der Waals surface area contributed by atoms with Crippen LogP contribution in [-0.4, -0.2) is 31.8 Å². The Morgan fingerprint density at radius 1 is 1.44 bits per heavy atom. The highest BCUT2D eigenvalue weighted by molar-refractivity contribution is 5.71. The van der Waals surface area contributed by atoms with E-state index in [1.54, 1.807) is 12.1 Å². The van der Waals surface area contributed by atoms with E-state index in [1.165, 1.54) is 20.3 Å². The number of nitrogens with one attached hydrogen (secondary N) is 1. The van der Waals surface area contributed by atoms with Crippen LogP contribution in [0.1, 0.15) is 5.56 Å². The lowest BCUT2D eigenvalue weighted by Crippen LogP contribution is -2.23. The van der Waals surface area contributed by atoms with Crippen LogP contribution in [0.3, 0.4) is 0 Å². The van der Waals surface area contributed by atoms with Gasteiger partial charge in [-0.25, -0.2) is 0 Å². The fourth-order valence-electron chi connectivity index (χ4n) is 1.19. The Bertz CT molecular complexity index is 365. The number of carbonyl (C=O) groups is 1. The summed E-state index contributed by atoms with van der Waals surface area (Å²) in [5, 5.41) is 12.5. The average molecular weight is 225 g/mol. The van der Waals surface area contributed by atoms with Gasteiger partial charge in [0.2, 0.25) is 0 Å². The van der Waals surface area contributed by atoms with E-state index in [0.29, 0.717) is 17.9 Å². The number of hydrogen-bond acceptors (Lipinski definition) is 5. The number of esters is 1. The van der Waals surface area contributed by atoms with Crippen molar-refractivity contribution in [3.8, 4) is 11.5 Å². The summed E-state index contributed by atoms with van der Waals surface area (Å²) in [6.45, 7) is 0.507. The highest BCUT2D eigenvalue weighted by Gasteiger charge is 2.04. The molecule has 5 nitrogen and oxygen atoms in total. The van der Waals surface area contributed by atoms with Crippen molar-refractivity contribution in [3.63, 3.8) is 0 Å². The van der Waals surface area contributed by atoms with Gasteiger partial charge in [0, 0.05) is 18.2 Å². The van der Waals surface area contributed by atoms with Crippen LogP contribution < -0.4 is 10.1 Å². The van der Waals surface area contributed by atoms with Gasteiger partial charge in [-0.3, -0.25) is 4.79 Å². The van der Waals surface area contributed by atoms with Gasteiger partial charge in [-0.05, 0) is 6.07 Å². The van der Waals surface area contributed by atoms with Crippen LogP contribution >= 0.6 is 0 Å². The van der Waals surface area contributed by atoms with E-state index in [9.17, 15) is 9.90 Å². The van der Waals surface area contributed by atoms with Gasteiger partial charge in [0.15, 0.2) is 0 Å². The zero-order valence-electron chi connectivity index (χ0n) is 9.32. The molecule has 0 aliphatic rings. The van der Waals surface area contributed by atoms with Gasteiger partial charge < -0.3 is 19.9 Å². The molecule has 0 saturated carbocycles. The number of phenols is 1. The maximum Gasteiger partial charge on any atom is 0.319 e. The summed E-state index contributed by atoms with van der Waals surface area (Å²) < 4.78 is 9.43. The first-order valence-corrected chi connectivity index (χ1v) is 4.80. The molecule has 0 amide bonds. The molecule has 0 aromatic heterocycles. The fourth-order valence-corrected chi connectivity index (χ4v) is 1.19. The third-order valence-corrected chi connectivity index (χ3v) is 2.10. The summed E-state index contributed by atoms with van der Waals surface area (Å²) in [5.74, 6) is 0.388. The zero-order chi connectivity index (χ0) is 12.0. The normalized spacial score (nSPS) is 9.88. The minimum absolute atomic E-state index is 0.113. The van der Waals surface area contributed by atoms with Crippen LogP contribution in [0.25, 0.3) is 0 Å². The molecule has 0 unspecified atom stereocenters. The molecule has 5 heteroatoms. The molecule has 0 spiro atoms. The second-order valence-corrected chi connectivity index (χ2v) is 3.17. The van der Waals surface area contributed by atoms with E-state index < -0.39 is 0 Å². The van der Waals surface area contributed by atoms with Gasteiger partial charge in [-0.2, -0.15) is 0 Å². The number of rotatable bonds is 5. The molecular weight excluding hydrogens is 210 g/mol. The van der Waals surface area contributed by atoms with Gasteiger partial charge in [0.25, 0.3) is 0 Å². The number of aromatic hydroxyl groups is 1. The number of carbonyl (C=O) groups excluding carboxylic acids is 1. The predicted octanol–water partition coefficient (Wildman–Crippen LogP) is 0.663. The van der Waals surface area contributed by atoms with E-state index in [1.807, 2.05) is 0 Å². The topological polar surface area (TPSA) is 67.8 Å². The van der Waals surface area contributed by atoms with Crippen molar-refractivity contribution in [1.29, 1.82) is 0 Å². The SMILES string of the molecule is COC(=O)CNCc1ccc(OC)cc1O. The Balaban J connectivity index is 2.51. The van der Waals surface area contributed by atoms with Crippen LogP contribution in [0, 0.1) is 0 Å². The molecule has 2 N–H and O–H groups in total. The van der Waals surface area contributed by atoms with Gasteiger partial charge in [0.1, 0.15) is 11.5 Å². The molecule has 0 bridgehead atoms. The van der Waals surface area contributed by atoms with Crippen LogP contribution in [0.4, 0.5) is 0 Å². The monoisotopic (exact) mass is 225 g/mol. The Kier molecular flexibility index (Phi) is 4.60. The smallest absolute Gasteiger partial charge is 0.319 e. The zero-order valence-corrected chi connectivity index (χ0v) is 9.32. The maximum absolute atomic E-state index is 10.8. The van der Waals surface area contributed by atoms with Crippen molar-refractivity contribution < 1.29 is 19.4 Å². The molecule has 88 valence electrons. The van der Waals surface area contributed by atoms with E-state index in [0.717, 1.165) is 0 Å². The van der Waals surface area contributed by atoms with Crippen molar-refractivity contribution in [2.24, 2.45) is 0 Å². The highest BCUT2D eigenvalue weighted by Crippen LogP contribution is 2.22. The molecule has 0 aliphatic heterocycles. The quantitative estimate of drug-likeness (QED) is 0.721. The summed E-state index contributed by atoms with van der Waals surface area (Å²) in [6, 6.07) is 5.00. The fraction of sp³-hybridized carbons (Fsp3) is 0.364. The Morgan fingerprint density at radius 2 is 2.19 bits per heavy atom. The van der Waals surface area contributed by atoms with Crippen molar-refractivity contribution in [1.82, 2.24) is 5.32 Å². The average Bonchev–Trinajstić information content (AvgIpc) is 2.30. The molecule has 0 heterocycles. The molecule has 0 saturated heterocycles. The summed E-state index contributed by atoms with van der Waals surface area (Å²) in [4.78, 5) is 10.8. The van der Waals surface area contributed by atoms with Gasteiger partial charge in [0.05, 0.1) is 20.8 Å². The predicted molar refractivity (Wildman–Crippen MR) is 58.4 cm³/mol. The molecule has 1 rings (SSSR count). The lowest BCUT2D eigenvalue weighted by Gasteiger charge is -2.07. The Labute approximate surface area is 94.0 Å². The van der Waals surface area contributed by atoms with Crippen molar-refractivity contribution in [3.05, 3.63) is 23.8 Å². The largest absolute Gasteiger partial charge is 0.507 e. The molecule has 0 radical (unpaired) electrons. The second-order valence-electron chi connectivity index (χ2n) is 3.17. The van der Waals surface area contributed by atoms with Crippen LogP contribution in [0.2, 0.25) is 0 Å². The lowest BCUT2D eigenvalue weighted by molar-refractivity contribution is -0.139. The number of methoxy groups -OCH3 is 2. The number of hydrogen-bond donors (Lipinski definition) is 2. The van der Waals surface area contributed by atoms with Crippen molar-refractivity contribution >= 4 is 5.97 Å². The van der Waals surface area contributed by atoms with Gasteiger partial charge >= 0.3 is 5.97 Å². The first kappa shape index (κ1) is 12.3. The molecule has 0 fully saturated rings. The molecule has 16 heavy (non-hydrogen) atoms. The lowest BCUT2D eigenvalue weighted by atomic mass is 10.2.